The molecular weight excluding hydrogens is 300 g/mol. The molecule has 1 aromatic rings. The number of phenolic OH excluding ortho intramolecular Hbond substituents is 1. The van der Waals surface area contributed by atoms with Gasteiger partial charge in [-0.2, -0.15) is 0 Å². The van der Waals surface area contributed by atoms with Gasteiger partial charge in [0.1, 0.15) is 11.5 Å². The Kier molecular flexibility index (Phi) is 5.49. The molecule has 17 heavy (non-hydrogen) atoms. The Labute approximate surface area is 112 Å². The molecule has 3 nitrogen and oxygen atoms in total. The second-order valence-corrected chi connectivity index (χ2v) is 11.7. The van der Waals surface area contributed by atoms with E-state index in [0.717, 1.165) is 17.1 Å². The van der Waals surface area contributed by atoms with Gasteiger partial charge >= 0.3 is 0 Å². The minimum absolute atomic E-state index is 0.177. The van der Waals surface area contributed by atoms with Gasteiger partial charge in [0.2, 0.25) is 0 Å². The highest BCUT2D eigenvalue weighted by atomic mass is 79.9. The van der Waals surface area contributed by atoms with E-state index in [9.17, 15) is 5.11 Å². The van der Waals surface area contributed by atoms with E-state index in [4.69, 9.17) is 9.47 Å². The molecule has 0 amide bonds. The van der Waals surface area contributed by atoms with E-state index in [-0.39, 0.29) is 12.5 Å². The van der Waals surface area contributed by atoms with Crippen LogP contribution in [0.25, 0.3) is 0 Å². The average molecular weight is 319 g/mol. The van der Waals surface area contributed by atoms with Gasteiger partial charge in [0.25, 0.3) is 0 Å². The molecule has 1 N–H and O–H groups in total. The van der Waals surface area contributed by atoms with Crippen LogP contribution in [0.2, 0.25) is 25.7 Å². The lowest BCUT2D eigenvalue weighted by Gasteiger charge is -2.15. The van der Waals surface area contributed by atoms with E-state index >= 15 is 0 Å². The first kappa shape index (κ1) is 14.5. The Morgan fingerprint density at radius 3 is 2.53 bits per heavy atom. The summed E-state index contributed by atoms with van der Waals surface area (Å²) in [6, 6.07) is 6.09. The minimum atomic E-state index is -1.03. The summed E-state index contributed by atoms with van der Waals surface area (Å²) in [5.41, 5.74) is 0. The fourth-order valence-corrected chi connectivity index (χ4v) is 2.40. The minimum Gasteiger partial charge on any atom is -0.508 e. The normalized spacial score (nSPS) is 11.5. The number of hydrogen-bond donors (Lipinski definition) is 1. The molecule has 0 fully saturated rings. The highest BCUT2D eigenvalue weighted by Crippen LogP contribution is 2.25. The first-order valence-corrected chi connectivity index (χ1v) is 10.1. The Hall–Kier alpha value is -0.523. The van der Waals surface area contributed by atoms with Crippen molar-refractivity contribution in [3.63, 3.8) is 0 Å². The van der Waals surface area contributed by atoms with E-state index in [1.807, 2.05) is 0 Å². The molecule has 0 atom stereocenters. The lowest BCUT2D eigenvalue weighted by atomic mass is 10.3. The number of aromatic hydroxyl groups is 1. The van der Waals surface area contributed by atoms with Crippen molar-refractivity contribution < 1.29 is 14.6 Å². The van der Waals surface area contributed by atoms with Gasteiger partial charge in [0, 0.05) is 25.2 Å². The Morgan fingerprint density at radius 1 is 1.24 bits per heavy atom. The van der Waals surface area contributed by atoms with Crippen molar-refractivity contribution in [2.75, 3.05) is 13.4 Å². The molecule has 0 saturated carbocycles. The monoisotopic (exact) mass is 318 g/mol. The van der Waals surface area contributed by atoms with Crippen LogP contribution >= 0.6 is 15.9 Å². The number of rotatable bonds is 6. The van der Waals surface area contributed by atoms with Gasteiger partial charge in [-0.25, -0.2) is 0 Å². The molecule has 0 spiro atoms. The number of halogens is 1. The largest absolute Gasteiger partial charge is 0.508 e. The second kappa shape index (κ2) is 6.42. The molecule has 0 bridgehead atoms. The van der Waals surface area contributed by atoms with Crippen molar-refractivity contribution in [1.82, 2.24) is 0 Å². The molecule has 96 valence electrons. The smallest absolute Gasteiger partial charge is 0.189 e. The molecule has 0 radical (unpaired) electrons. The highest BCUT2D eigenvalue weighted by Gasteiger charge is 2.11. The number of ether oxygens (including phenoxy) is 2. The van der Waals surface area contributed by atoms with Gasteiger partial charge in [0.15, 0.2) is 6.79 Å². The maximum atomic E-state index is 9.36. The molecular formula is C12H19BrO3Si. The van der Waals surface area contributed by atoms with Crippen LogP contribution in [0.15, 0.2) is 22.7 Å². The molecule has 0 aliphatic rings. The average Bonchev–Trinajstić information content (AvgIpc) is 2.13. The van der Waals surface area contributed by atoms with Gasteiger partial charge in [-0.3, -0.25) is 0 Å². The number of phenols is 1. The van der Waals surface area contributed by atoms with Crippen LogP contribution in [-0.2, 0) is 4.74 Å². The lowest BCUT2D eigenvalue weighted by molar-refractivity contribution is 0.0219. The molecule has 0 aromatic heterocycles. The molecule has 0 heterocycles. The Morgan fingerprint density at radius 2 is 1.94 bits per heavy atom. The van der Waals surface area contributed by atoms with E-state index < -0.39 is 8.07 Å². The first-order chi connectivity index (χ1) is 7.87. The summed E-state index contributed by atoms with van der Waals surface area (Å²) in [5, 5.41) is 9.36. The van der Waals surface area contributed by atoms with Crippen molar-refractivity contribution >= 4 is 24.0 Å². The van der Waals surface area contributed by atoms with Crippen LogP contribution < -0.4 is 4.74 Å². The standard InChI is InChI=1S/C12H19BrO3Si/c1-17(2,3)5-4-15-9-16-12-7-10(13)6-11(14)8-12/h6-8,14H,4-5,9H2,1-3H3. The zero-order valence-electron chi connectivity index (χ0n) is 10.5. The molecule has 0 saturated heterocycles. The number of hydrogen-bond acceptors (Lipinski definition) is 3. The van der Waals surface area contributed by atoms with Crippen LogP contribution in [0, 0.1) is 0 Å². The van der Waals surface area contributed by atoms with Crippen LogP contribution in [-0.4, -0.2) is 26.6 Å². The Bertz CT molecular complexity index is 343. The van der Waals surface area contributed by atoms with Crippen molar-refractivity contribution in [2.45, 2.75) is 25.7 Å². The van der Waals surface area contributed by atoms with Crippen molar-refractivity contribution in [1.29, 1.82) is 0 Å². The summed E-state index contributed by atoms with van der Waals surface area (Å²) in [6.07, 6.45) is 0. The van der Waals surface area contributed by atoms with E-state index in [0.29, 0.717) is 5.75 Å². The lowest BCUT2D eigenvalue weighted by Crippen LogP contribution is -2.22. The zero-order chi connectivity index (χ0) is 12.9. The van der Waals surface area contributed by atoms with E-state index in [1.165, 1.54) is 0 Å². The summed E-state index contributed by atoms with van der Waals surface area (Å²) in [6.45, 7) is 7.88. The van der Waals surface area contributed by atoms with Crippen LogP contribution in [0.4, 0.5) is 0 Å². The second-order valence-electron chi connectivity index (χ2n) is 5.13. The third kappa shape index (κ3) is 6.70. The quantitative estimate of drug-likeness (QED) is 0.492. The summed E-state index contributed by atoms with van der Waals surface area (Å²) in [5.74, 6) is 0.779. The third-order valence-corrected chi connectivity index (χ3v) is 4.32. The van der Waals surface area contributed by atoms with Gasteiger partial charge in [-0.15, -0.1) is 0 Å². The first-order valence-electron chi connectivity index (χ1n) is 5.57. The zero-order valence-corrected chi connectivity index (χ0v) is 13.1. The maximum Gasteiger partial charge on any atom is 0.189 e. The molecule has 1 aromatic carbocycles. The van der Waals surface area contributed by atoms with Crippen molar-refractivity contribution in [3.05, 3.63) is 22.7 Å². The summed E-state index contributed by atoms with van der Waals surface area (Å²) in [4.78, 5) is 0. The van der Waals surface area contributed by atoms with Crippen molar-refractivity contribution in [2.24, 2.45) is 0 Å². The van der Waals surface area contributed by atoms with Gasteiger partial charge in [-0.1, -0.05) is 35.6 Å². The third-order valence-electron chi connectivity index (χ3n) is 2.16. The van der Waals surface area contributed by atoms with Gasteiger partial charge in [-0.05, 0) is 18.2 Å². The maximum absolute atomic E-state index is 9.36. The van der Waals surface area contributed by atoms with E-state index in [2.05, 4.69) is 35.6 Å². The van der Waals surface area contributed by atoms with E-state index in [1.54, 1.807) is 18.2 Å². The molecule has 0 aliphatic heterocycles. The summed E-state index contributed by atoms with van der Waals surface area (Å²) in [7, 11) is -1.03. The fourth-order valence-electron chi connectivity index (χ4n) is 1.18. The van der Waals surface area contributed by atoms with Crippen LogP contribution in [0.1, 0.15) is 0 Å². The summed E-state index contributed by atoms with van der Waals surface area (Å²) < 4.78 is 11.6. The number of benzene rings is 1. The SMILES string of the molecule is C[Si](C)(C)CCOCOc1cc(O)cc(Br)c1. The molecule has 0 aliphatic carbocycles. The molecule has 0 unspecified atom stereocenters. The van der Waals surface area contributed by atoms with Gasteiger partial charge in [0.05, 0.1) is 0 Å². The summed E-state index contributed by atoms with van der Waals surface area (Å²) >= 11 is 3.29. The fraction of sp³-hybridized carbons (Fsp3) is 0.500. The topological polar surface area (TPSA) is 38.7 Å². The van der Waals surface area contributed by atoms with Crippen LogP contribution in [0.5, 0.6) is 11.5 Å². The van der Waals surface area contributed by atoms with Gasteiger partial charge < -0.3 is 14.6 Å². The predicted molar refractivity (Wildman–Crippen MR) is 75.4 cm³/mol. The van der Waals surface area contributed by atoms with Crippen LogP contribution in [0.3, 0.4) is 0 Å². The predicted octanol–water partition coefficient (Wildman–Crippen LogP) is 3.85. The Balaban J connectivity index is 2.27. The highest BCUT2D eigenvalue weighted by molar-refractivity contribution is 9.10. The molecule has 1 rings (SSSR count). The van der Waals surface area contributed by atoms with Crippen molar-refractivity contribution in [3.8, 4) is 11.5 Å². The molecule has 5 heteroatoms.